The zero-order valence-electron chi connectivity index (χ0n) is 10.9. The van der Waals surface area contributed by atoms with Gasteiger partial charge >= 0.3 is 0 Å². The Labute approximate surface area is 104 Å². The van der Waals surface area contributed by atoms with Crippen LogP contribution in [0.15, 0.2) is 0 Å². The average molecular weight is 237 g/mol. The summed E-state index contributed by atoms with van der Waals surface area (Å²) in [6.07, 6.45) is 5.39. The van der Waals surface area contributed by atoms with Crippen molar-refractivity contribution in [3.8, 4) is 6.07 Å². The Hall–Kier alpha value is -0.630. The molecule has 0 aromatic carbocycles. The molecule has 0 amide bonds. The summed E-state index contributed by atoms with van der Waals surface area (Å²) in [7, 11) is 4.09. The van der Waals surface area contributed by atoms with Gasteiger partial charge in [-0.3, -0.25) is 4.90 Å². The number of nitriles is 1. The van der Waals surface area contributed by atoms with Crippen LogP contribution in [0.1, 0.15) is 32.1 Å². The molecule has 2 aliphatic rings. The monoisotopic (exact) mass is 237 g/mol. The molecule has 2 rings (SSSR count). The highest BCUT2D eigenvalue weighted by molar-refractivity contribution is 5.10. The second-order valence-electron chi connectivity index (χ2n) is 5.38. The molecule has 3 atom stereocenters. The van der Waals surface area contributed by atoms with E-state index in [9.17, 15) is 5.26 Å². The third kappa shape index (κ3) is 2.62. The first-order valence-corrected chi connectivity index (χ1v) is 6.60. The van der Waals surface area contributed by atoms with E-state index in [2.05, 4.69) is 23.3 Å². The molecule has 1 saturated carbocycles. The SMILES string of the molecule is CNC1(C#N)CCCC(N(C)C2CCOC2)C1. The van der Waals surface area contributed by atoms with Crippen LogP contribution in [0.2, 0.25) is 0 Å². The standard InChI is InChI=1S/C13H23N3O/c1-15-13(10-14)6-3-4-11(8-13)16(2)12-5-7-17-9-12/h11-12,15H,3-9H2,1-2H3. The molecular weight excluding hydrogens is 214 g/mol. The molecule has 4 nitrogen and oxygen atoms in total. The Morgan fingerprint density at radius 3 is 2.82 bits per heavy atom. The van der Waals surface area contributed by atoms with Gasteiger partial charge in [-0.2, -0.15) is 5.26 Å². The first-order valence-electron chi connectivity index (χ1n) is 6.60. The number of rotatable bonds is 3. The van der Waals surface area contributed by atoms with Crippen molar-refractivity contribution in [2.75, 3.05) is 27.3 Å². The summed E-state index contributed by atoms with van der Waals surface area (Å²) in [6.45, 7) is 1.74. The predicted octanol–water partition coefficient (Wildman–Crippen LogP) is 1.13. The lowest BCUT2D eigenvalue weighted by molar-refractivity contribution is 0.0935. The van der Waals surface area contributed by atoms with E-state index in [4.69, 9.17) is 4.74 Å². The summed E-state index contributed by atoms with van der Waals surface area (Å²) < 4.78 is 5.45. The summed E-state index contributed by atoms with van der Waals surface area (Å²) in [6, 6.07) is 3.54. The molecule has 96 valence electrons. The van der Waals surface area contributed by atoms with E-state index >= 15 is 0 Å². The topological polar surface area (TPSA) is 48.3 Å². The van der Waals surface area contributed by atoms with Crippen LogP contribution < -0.4 is 5.32 Å². The summed E-state index contributed by atoms with van der Waals surface area (Å²) in [5.74, 6) is 0. The zero-order chi connectivity index (χ0) is 12.3. The minimum absolute atomic E-state index is 0.309. The van der Waals surface area contributed by atoms with Crippen LogP contribution in [0.3, 0.4) is 0 Å². The van der Waals surface area contributed by atoms with Gasteiger partial charge in [0.1, 0.15) is 5.54 Å². The molecule has 1 aliphatic carbocycles. The highest BCUT2D eigenvalue weighted by Gasteiger charge is 2.38. The van der Waals surface area contributed by atoms with Gasteiger partial charge in [-0.1, -0.05) is 0 Å². The Morgan fingerprint density at radius 2 is 2.24 bits per heavy atom. The van der Waals surface area contributed by atoms with Crippen LogP contribution in [0, 0.1) is 11.3 Å². The van der Waals surface area contributed by atoms with Crippen molar-refractivity contribution >= 4 is 0 Å². The Morgan fingerprint density at radius 1 is 1.41 bits per heavy atom. The molecule has 1 heterocycles. The normalized spacial score (nSPS) is 38.2. The maximum Gasteiger partial charge on any atom is 0.108 e. The van der Waals surface area contributed by atoms with Crippen LogP contribution >= 0.6 is 0 Å². The molecule has 0 bridgehead atoms. The number of hydrogen-bond donors (Lipinski definition) is 1. The number of nitrogens with one attached hydrogen (secondary N) is 1. The van der Waals surface area contributed by atoms with Crippen molar-refractivity contribution in [2.24, 2.45) is 0 Å². The summed E-state index contributed by atoms with van der Waals surface area (Å²) >= 11 is 0. The molecule has 0 spiro atoms. The highest BCUT2D eigenvalue weighted by atomic mass is 16.5. The fraction of sp³-hybridized carbons (Fsp3) is 0.923. The van der Waals surface area contributed by atoms with Gasteiger partial charge in [0.25, 0.3) is 0 Å². The highest BCUT2D eigenvalue weighted by Crippen LogP contribution is 2.31. The maximum absolute atomic E-state index is 9.35. The van der Waals surface area contributed by atoms with Gasteiger partial charge in [0.05, 0.1) is 12.7 Å². The fourth-order valence-electron chi connectivity index (χ4n) is 3.12. The molecule has 1 N–H and O–H groups in total. The lowest BCUT2D eigenvalue weighted by Crippen LogP contribution is -2.52. The van der Waals surface area contributed by atoms with E-state index in [1.165, 1.54) is 6.42 Å². The zero-order valence-corrected chi connectivity index (χ0v) is 10.9. The van der Waals surface area contributed by atoms with Crippen LogP contribution in [-0.2, 0) is 4.74 Å². The van der Waals surface area contributed by atoms with Gasteiger partial charge < -0.3 is 10.1 Å². The molecule has 0 aromatic rings. The van der Waals surface area contributed by atoms with Crippen molar-refractivity contribution in [2.45, 2.75) is 49.7 Å². The molecule has 0 radical (unpaired) electrons. The van der Waals surface area contributed by atoms with Gasteiger partial charge in [-0.15, -0.1) is 0 Å². The van der Waals surface area contributed by atoms with Crippen LogP contribution in [0.25, 0.3) is 0 Å². The van der Waals surface area contributed by atoms with Gasteiger partial charge in [0, 0.05) is 18.7 Å². The number of likely N-dealkylation sites (N-methyl/N-ethyl adjacent to an activating group) is 1. The van der Waals surface area contributed by atoms with Gasteiger partial charge in [0.2, 0.25) is 0 Å². The first-order chi connectivity index (χ1) is 8.21. The molecule has 4 heteroatoms. The van der Waals surface area contributed by atoms with E-state index in [0.717, 1.165) is 38.9 Å². The Kier molecular flexibility index (Phi) is 4.03. The summed E-state index contributed by atoms with van der Waals surface area (Å²) in [5, 5.41) is 12.6. The van der Waals surface area contributed by atoms with Crippen LogP contribution in [0.5, 0.6) is 0 Å². The third-order valence-corrected chi connectivity index (χ3v) is 4.48. The average Bonchev–Trinajstić information content (AvgIpc) is 2.91. The number of hydrogen-bond acceptors (Lipinski definition) is 4. The lowest BCUT2D eigenvalue weighted by atomic mass is 9.79. The second-order valence-corrected chi connectivity index (χ2v) is 5.38. The van der Waals surface area contributed by atoms with E-state index in [-0.39, 0.29) is 5.54 Å². The molecule has 2 fully saturated rings. The minimum atomic E-state index is -0.309. The molecular formula is C13H23N3O. The molecule has 3 unspecified atom stereocenters. The van der Waals surface area contributed by atoms with Crippen molar-refractivity contribution in [3.05, 3.63) is 0 Å². The molecule has 1 saturated heterocycles. The maximum atomic E-state index is 9.35. The summed E-state index contributed by atoms with van der Waals surface area (Å²) in [4.78, 5) is 2.44. The Bertz CT molecular complexity index is 296. The van der Waals surface area contributed by atoms with Crippen LogP contribution in [0.4, 0.5) is 0 Å². The Balaban J connectivity index is 1.99. The van der Waals surface area contributed by atoms with E-state index < -0.39 is 0 Å². The molecule has 0 aromatic heterocycles. The fourth-order valence-corrected chi connectivity index (χ4v) is 3.12. The minimum Gasteiger partial charge on any atom is -0.380 e. The number of nitrogens with zero attached hydrogens (tertiary/aromatic N) is 2. The second kappa shape index (κ2) is 5.34. The van der Waals surface area contributed by atoms with Crippen molar-refractivity contribution in [1.29, 1.82) is 5.26 Å². The van der Waals surface area contributed by atoms with Crippen molar-refractivity contribution < 1.29 is 4.74 Å². The van der Waals surface area contributed by atoms with E-state index in [1.807, 2.05) is 7.05 Å². The predicted molar refractivity (Wildman–Crippen MR) is 66.6 cm³/mol. The van der Waals surface area contributed by atoms with Gasteiger partial charge in [-0.05, 0) is 46.2 Å². The van der Waals surface area contributed by atoms with Crippen LogP contribution in [-0.4, -0.2) is 49.8 Å². The quantitative estimate of drug-likeness (QED) is 0.799. The van der Waals surface area contributed by atoms with E-state index in [1.54, 1.807) is 0 Å². The van der Waals surface area contributed by atoms with Crippen molar-refractivity contribution in [3.63, 3.8) is 0 Å². The first kappa shape index (κ1) is 12.8. The number of ether oxygens (including phenoxy) is 1. The smallest absolute Gasteiger partial charge is 0.108 e. The third-order valence-electron chi connectivity index (χ3n) is 4.48. The molecule has 17 heavy (non-hydrogen) atoms. The van der Waals surface area contributed by atoms with E-state index in [0.29, 0.717) is 12.1 Å². The lowest BCUT2D eigenvalue weighted by Gasteiger charge is -2.41. The largest absolute Gasteiger partial charge is 0.380 e. The van der Waals surface area contributed by atoms with Gasteiger partial charge in [-0.25, -0.2) is 0 Å². The van der Waals surface area contributed by atoms with Gasteiger partial charge in [0.15, 0.2) is 0 Å². The molecule has 1 aliphatic heterocycles. The summed E-state index contributed by atoms with van der Waals surface area (Å²) in [5.41, 5.74) is -0.309. The van der Waals surface area contributed by atoms with Crippen molar-refractivity contribution in [1.82, 2.24) is 10.2 Å².